The highest BCUT2D eigenvalue weighted by molar-refractivity contribution is 5.93. The summed E-state index contributed by atoms with van der Waals surface area (Å²) in [7, 11) is 0. The predicted molar refractivity (Wildman–Crippen MR) is 69.9 cm³/mol. The molecule has 5 heteroatoms. The zero-order chi connectivity index (χ0) is 13.1. The Balaban J connectivity index is 2.13. The zero-order valence-electron chi connectivity index (χ0n) is 10.2. The summed E-state index contributed by atoms with van der Waals surface area (Å²) in [4.78, 5) is 18.0. The third-order valence-electron chi connectivity index (χ3n) is 3.16. The quantitative estimate of drug-likeness (QED) is 0.814. The Morgan fingerprint density at radius 1 is 1.56 bits per heavy atom. The van der Waals surface area contributed by atoms with Gasteiger partial charge in [0.15, 0.2) is 0 Å². The second kappa shape index (κ2) is 5.18. The second-order valence-corrected chi connectivity index (χ2v) is 4.43. The van der Waals surface area contributed by atoms with Crippen LogP contribution in [-0.2, 0) is 0 Å². The van der Waals surface area contributed by atoms with Gasteiger partial charge in [-0.3, -0.25) is 9.78 Å². The van der Waals surface area contributed by atoms with Gasteiger partial charge in [0.05, 0.1) is 6.10 Å². The molecule has 1 amide bonds. The summed E-state index contributed by atoms with van der Waals surface area (Å²) in [5.41, 5.74) is 7.36. The third kappa shape index (κ3) is 2.51. The van der Waals surface area contributed by atoms with Gasteiger partial charge in [0.2, 0.25) is 0 Å². The third-order valence-corrected chi connectivity index (χ3v) is 3.16. The number of likely N-dealkylation sites (tertiary alicyclic amines) is 1. The number of nitrogen functional groups attached to an aromatic ring is 1. The van der Waals surface area contributed by atoms with E-state index in [0.29, 0.717) is 37.3 Å². The van der Waals surface area contributed by atoms with E-state index in [2.05, 4.69) is 11.6 Å². The lowest BCUT2D eigenvalue weighted by Crippen LogP contribution is -2.40. The normalized spacial score (nSPS) is 16.6. The molecule has 1 aromatic heterocycles. The number of piperidine rings is 1. The van der Waals surface area contributed by atoms with Crippen molar-refractivity contribution in [1.29, 1.82) is 0 Å². The molecule has 5 nitrogen and oxygen atoms in total. The molecule has 0 aromatic carbocycles. The van der Waals surface area contributed by atoms with E-state index < -0.39 is 0 Å². The fraction of sp³-hybridized carbons (Fsp3) is 0.385. The number of amides is 1. The Morgan fingerprint density at radius 2 is 2.22 bits per heavy atom. The Hall–Kier alpha value is -1.88. The van der Waals surface area contributed by atoms with E-state index in [1.807, 2.05) is 0 Å². The SMILES string of the molecule is C=Cc1cnc(C(=O)N2CCC(O)CC2)cc1N. The highest BCUT2D eigenvalue weighted by atomic mass is 16.3. The van der Waals surface area contributed by atoms with Crippen LogP contribution in [0.5, 0.6) is 0 Å². The van der Waals surface area contributed by atoms with Crippen LogP contribution in [-0.4, -0.2) is 40.1 Å². The smallest absolute Gasteiger partial charge is 0.272 e. The van der Waals surface area contributed by atoms with Crippen molar-refractivity contribution in [2.75, 3.05) is 18.8 Å². The average Bonchev–Trinajstić information content (AvgIpc) is 2.38. The van der Waals surface area contributed by atoms with Crippen LogP contribution in [0.1, 0.15) is 28.9 Å². The van der Waals surface area contributed by atoms with E-state index in [1.165, 1.54) is 0 Å². The molecule has 96 valence electrons. The van der Waals surface area contributed by atoms with Crippen molar-refractivity contribution in [2.24, 2.45) is 0 Å². The van der Waals surface area contributed by atoms with E-state index in [0.717, 1.165) is 5.56 Å². The summed E-state index contributed by atoms with van der Waals surface area (Å²) in [6.07, 6.45) is 4.09. The van der Waals surface area contributed by atoms with Gasteiger partial charge in [-0.25, -0.2) is 0 Å². The minimum Gasteiger partial charge on any atom is -0.398 e. The molecule has 1 fully saturated rings. The number of pyridine rings is 1. The van der Waals surface area contributed by atoms with Gasteiger partial charge < -0.3 is 15.7 Å². The van der Waals surface area contributed by atoms with Crippen molar-refractivity contribution in [3.05, 3.63) is 30.1 Å². The maximum atomic E-state index is 12.2. The van der Waals surface area contributed by atoms with Crippen LogP contribution in [0.4, 0.5) is 5.69 Å². The number of aliphatic hydroxyl groups excluding tert-OH is 1. The molecule has 0 aliphatic carbocycles. The lowest BCUT2D eigenvalue weighted by molar-refractivity contribution is 0.0541. The summed E-state index contributed by atoms with van der Waals surface area (Å²) in [5.74, 6) is -0.135. The number of aromatic nitrogens is 1. The first-order valence-electron chi connectivity index (χ1n) is 5.97. The van der Waals surface area contributed by atoms with Crippen molar-refractivity contribution in [3.8, 4) is 0 Å². The maximum absolute atomic E-state index is 12.2. The second-order valence-electron chi connectivity index (χ2n) is 4.43. The van der Waals surface area contributed by atoms with Crippen LogP contribution in [0.25, 0.3) is 6.08 Å². The molecule has 0 saturated carbocycles. The lowest BCUT2D eigenvalue weighted by Gasteiger charge is -2.29. The Bertz CT molecular complexity index is 465. The lowest BCUT2D eigenvalue weighted by atomic mass is 10.1. The van der Waals surface area contributed by atoms with Crippen molar-refractivity contribution in [1.82, 2.24) is 9.88 Å². The number of carbonyl (C=O) groups excluding carboxylic acids is 1. The Labute approximate surface area is 106 Å². The molecule has 1 saturated heterocycles. The summed E-state index contributed by atoms with van der Waals surface area (Å²) >= 11 is 0. The summed E-state index contributed by atoms with van der Waals surface area (Å²) in [5, 5.41) is 9.41. The minimum absolute atomic E-state index is 0.135. The van der Waals surface area contributed by atoms with Crippen molar-refractivity contribution in [3.63, 3.8) is 0 Å². The average molecular weight is 247 g/mol. The van der Waals surface area contributed by atoms with Gasteiger partial charge in [-0.1, -0.05) is 12.7 Å². The fourth-order valence-electron chi connectivity index (χ4n) is 2.00. The van der Waals surface area contributed by atoms with Crippen LogP contribution < -0.4 is 5.73 Å². The van der Waals surface area contributed by atoms with Crippen LogP contribution >= 0.6 is 0 Å². The van der Waals surface area contributed by atoms with Crippen LogP contribution in [0.2, 0.25) is 0 Å². The molecule has 1 aliphatic rings. The number of anilines is 1. The first kappa shape index (κ1) is 12.6. The first-order valence-corrected chi connectivity index (χ1v) is 5.97. The molecule has 0 bridgehead atoms. The molecule has 18 heavy (non-hydrogen) atoms. The monoisotopic (exact) mass is 247 g/mol. The molecular weight excluding hydrogens is 230 g/mol. The number of nitrogens with two attached hydrogens (primary N) is 1. The largest absolute Gasteiger partial charge is 0.398 e. The van der Waals surface area contributed by atoms with E-state index in [1.54, 1.807) is 23.2 Å². The molecule has 2 heterocycles. The molecule has 2 rings (SSSR count). The molecule has 0 radical (unpaired) electrons. The van der Waals surface area contributed by atoms with E-state index in [4.69, 9.17) is 5.73 Å². The van der Waals surface area contributed by atoms with Crippen LogP contribution in [0, 0.1) is 0 Å². The van der Waals surface area contributed by atoms with Gasteiger partial charge in [-0.05, 0) is 18.9 Å². The number of carbonyl (C=O) groups is 1. The van der Waals surface area contributed by atoms with Gasteiger partial charge >= 0.3 is 0 Å². The molecule has 1 aliphatic heterocycles. The number of rotatable bonds is 2. The topological polar surface area (TPSA) is 79.5 Å². The van der Waals surface area contributed by atoms with Crippen LogP contribution in [0.3, 0.4) is 0 Å². The van der Waals surface area contributed by atoms with Crippen molar-refractivity contribution >= 4 is 17.7 Å². The van der Waals surface area contributed by atoms with E-state index >= 15 is 0 Å². The molecule has 1 aromatic rings. The standard InChI is InChI=1S/C13H17N3O2/c1-2-9-8-15-12(7-11(9)14)13(18)16-5-3-10(17)4-6-16/h2,7-8,10,17H,1,3-6H2,(H2,14,15). The van der Waals surface area contributed by atoms with E-state index in [9.17, 15) is 9.90 Å². The number of hydrogen-bond acceptors (Lipinski definition) is 4. The summed E-state index contributed by atoms with van der Waals surface area (Å²) in [6, 6.07) is 1.57. The minimum atomic E-state index is -0.296. The highest BCUT2D eigenvalue weighted by Gasteiger charge is 2.23. The van der Waals surface area contributed by atoms with Crippen molar-refractivity contribution in [2.45, 2.75) is 18.9 Å². The van der Waals surface area contributed by atoms with Crippen LogP contribution in [0.15, 0.2) is 18.8 Å². The van der Waals surface area contributed by atoms with Gasteiger partial charge in [-0.2, -0.15) is 0 Å². The maximum Gasteiger partial charge on any atom is 0.272 e. The van der Waals surface area contributed by atoms with Gasteiger partial charge in [0.25, 0.3) is 5.91 Å². The highest BCUT2D eigenvalue weighted by Crippen LogP contribution is 2.16. The fourth-order valence-corrected chi connectivity index (χ4v) is 2.00. The van der Waals surface area contributed by atoms with Gasteiger partial charge in [0.1, 0.15) is 5.69 Å². The Kier molecular flexibility index (Phi) is 3.62. The number of hydrogen-bond donors (Lipinski definition) is 2. The Morgan fingerprint density at radius 3 is 2.78 bits per heavy atom. The molecule has 0 spiro atoms. The summed E-state index contributed by atoms with van der Waals surface area (Å²) < 4.78 is 0. The van der Waals surface area contributed by atoms with E-state index in [-0.39, 0.29) is 12.0 Å². The first-order chi connectivity index (χ1) is 8.61. The predicted octanol–water partition coefficient (Wildman–Crippen LogP) is 0.904. The van der Waals surface area contributed by atoms with Gasteiger partial charge in [-0.15, -0.1) is 0 Å². The summed E-state index contributed by atoms with van der Waals surface area (Å²) in [6.45, 7) is 4.74. The number of nitrogens with zero attached hydrogens (tertiary/aromatic N) is 2. The van der Waals surface area contributed by atoms with Gasteiger partial charge in [0, 0.05) is 30.5 Å². The molecule has 3 N–H and O–H groups in total. The molecule has 0 atom stereocenters. The number of aliphatic hydroxyl groups is 1. The molecule has 0 unspecified atom stereocenters. The van der Waals surface area contributed by atoms with Crippen molar-refractivity contribution < 1.29 is 9.90 Å². The molecular formula is C13H17N3O2. The zero-order valence-corrected chi connectivity index (χ0v) is 10.2.